The van der Waals surface area contributed by atoms with Crippen molar-refractivity contribution in [2.75, 3.05) is 18.4 Å². The first kappa shape index (κ1) is 18.5. The van der Waals surface area contributed by atoms with Gasteiger partial charge in [0.05, 0.1) is 17.7 Å². The largest absolute Gasteiger partial charge is 0.494 e. The number of nitrogens with one attached hydrogen (secondary N) is 1. The molecule has 0 aliphatic rings. The van der Waals surface area contributed by atoms with Crippen LogP contribution in [-0.4, -0.2) is 33.0 Å². The molecule has 0 aliphatic heterocycles. The van der Waals surface area contributed by atoms with Gasteiger partial charge in [0.1, 0.15) is 17.0 Å². The Labute approximate surface area is 156 Å². The van der Waals surface area contributed by atoms with Gasteiger partial charge in [-0.2, -0.15) is 0 Å². The Morgan fingerprint density at radius 1 is 1.15 bits per heavy atom. The summed E-state index contributed by atoms with van der Waals surface area (Å²) in [6.45, 7) is -0.283. The van der Waals surface area contributed by atoms with E-state index >= 15 is 0 Å². The fraction of sp³-hybridized carbons (Fsp3) is 0.111. The van der Waals surface area contributed by atoms with Gasteiger partial charge in [0.25, 0.3) is 15.9 Å². The average Bonchev–Trinajstić information content (AvgIpc) is 2.67. The molecular weight excluding hydrogens is 370 g/mol. The zero-order valence-electron chi connectivity index (χ0n) is 14.4. The van der Waals surface area contributed by atoms with Crippen LogP contribution < -0.4 is 19.9 Å². The van der Waals surface area contributed by atoms with Gasteiger partial charge in [-0.3, -0.25) is 14.5 Å². The first-order chi connectivity index (χ1) is 12.9. The number of hydrogen-bond acceptors (Lipinski definition) is 6. The van der Waals surface area contributed by atoms with Crippen molar-refractivity contribution < 1.29 is 22.7 Å². The Bertz CT molecular complexity index is 1080. The quantitative estimate of drug-likeness (QED) is 0.639. The number of pyridine rings is 1. The van der Waals surface area contributed by atoms with Crippen LogP contribution in [0, 0.1) is 0 Å². The molecule has 2 aromatic carbocycles. The highest BCUT2D eigenvalue weighted by Crippen LogP contribution is 2.31. The Morgan fingerprint density at radius 3 is 2.56 bits per heavy atom. The summed E-state index contributed by atoms with van der Waals surface area (Å²) in [7, 11) is -2.32. The van der Waals surface area contributed by atoms with Gasteiger partial charge in [0.15, 0.2) is 6.61 Å². The van der Waals surface area contributed by atoms with Gasteiger partial charge < -0.3 is 15.2 Å². The van der Waals surface area contributed by atoms with Crippen LogP contribution in [0.3, 0.4) is 0 Å². The average molecular weight is 387 g/mol. The van der Waals surface area contributed by atoms with E-state index in [4.69, 9.17) is 15.2 Å². The van der Waals surface area contributed by atoms with Crippen LogP contribution in [0.15, 0.2) is 59.6 Å². The number of carbonyl (C=O) groups is 1. The number of primary amides is 1. The van der Waals surface area contributed by atoms with Gasteiger partial charge in [-0.15, -0.1) is 0 Å². The summed E-state index contributed by atoms with van der Waals surface area (Å²) < 4.78 is 38.3. The zero-order chi connectivity index (χ0) is 19.4. The second kappa shape index (κ2) is 7.50. The monoisotopic (exact) mass is 387 g/mol. The van der Waals surface area contributed by atoms with E-state index in [2.05, 4.69) is 9.71 Å². The normalized spacial score (nSPS) is 11.1. The lowest BCUT2D eigenvalue weighted by Gasteiger charge is -2.13. The number of nitrogens with zero attached hydrogens (tertiary/aromatic N) is 1. The van der Waals surface area contributed by atoms with Crippen molar-refractivity contribution >= 4 is 32.5 Å². The number of rotatable bonds is 7. The fourth-order valence-electron chi connectivity index (χ4n) is 2.47. The number of nitrogens with two attached hydrogens (primary N) is 1. The minimum atomic E-state index is -3.84. The summed E-state index contributed by atoms with van der Waals surface area (Å²) >= 11 is 0. The van der Waals surface area contributed by atoms with Gasteiger partial charge in [-0.05, 0) is 48.5 Å². The number of sulfonamides is 1. The molecule has 0 unspecified atom stereocenters. The fourth-order valence-corrected chi connectivity index (χ4v) is 3.55. The highest BCUT2D eigenvalue weighted by Gasteiger charge is 2.17. The maximum Gasteiger partial charge on any atom is 0.261 e. The number of aromatic nitrogens is 1. The Morgan fingerprint density at radius 2 is 1.89 bits per heavy atom. The number of fused-ring (bicyclic) bond motifs is 1. The summed E-state index contributed by atoms with van der Waals surface area (Å²) in [5.41, 5.74) is 5.94. The van der Waals surface area contributed by atoms with E-state index in [1.54, 1.807) is 30.5 Å². The molecule has 1 amide bonds. The van der Waals surface area contributed by atoms with E-state index < -0.39 is 15.9 Å². The van der Waals surface area contributed by atoms with Crippen LogP contribution in [0.5, 0.6) is 11.5 Å². The van der Waals surface area contributed by atoms with Crippen LogP contribution >= 0.6 is 0 Å². The molecule has 3 rings (SSSR count). The van der Waals surface area contributed by atoms with Crippen LogP contribution in [0.2, 0.25) is 0 Å². The van der Waals surface area contributed by atoms with Gasteiger partial charge in [0.2, 0.25) is 0 Å². The van der Waals surface area contributed by atoms with Gasteiger partial charge in [-0.25, -0.2) is 8.42 Å². The predicted octanol–water partition coefficient (Wildman–Crippen LogP) is 1.91. The Hall–Kier alpha value is -3.33. The second-order valence-electron chi connectivity index (χ2n) is 5.55. The van der Waals surface area contributed by atoms with Crippen molar-refractivity contribution in [2.24, 2.45) is 5.73 Å². The molecule has 0 bridgehead atoms. The maximum atomic E-state index is 12.7. The minimum absolute atomic E-state index is 0.0433. The Kier molecular flexibility index (Phi) is 5.13. The molecular formula is C18H17N3O5S. The molecule has 0 fully saturated rings. The number of hydrogen-bond donors (Lipinski definition) is 2. The SMILES string of the molecule is COc1ccc(NS(=O)(=O)c2ccc(OCC(N)=O)cc2)c2cccnc12. The van der Waals surface area contributed by atoms with Crippen molar-refractivity contribution in [1.29, 1.82) is 0 Å². The molecule has 9 heteroatoms. The van der Waals surface area contributed by atoms with E-state index in [-0.39, 0.29) is 11.5 Å². The molecule has 0 saturated heterocycles. The highest BCUT2D eigenvalue weighted by molar-refractivity contribution is 7.92. The van der Waals surface area contributed by atoms with E-state index in [0.717, 1.165) is 0 Å². The first-order valence-electron chi connectivity index (χ1n) is 7.86. The molecule has 1 aromatic heterocycles. The molecule has 3 N–H and O–H groups in total. The summed E-state index contributed by atoms with van der Waals surface area (Å²) in [6, 6.07) is 12.4. The molecule has 27 heavy (non-hydrogen) atoms. The molecule has 140 valence electrons. The van der Waals surface area contributed by atoms with Crippen molar-refractivity contribution in [1.82, 2.24) is 4.98 Å². The van der Waals surface area contributed by atoms with E-state index in [0.29, 0.717) is 28.1 Å². The number of anilines is 1. The van der Waals surface area contributed by atoms with E-state index in [1.165, 1.54) is 31.4 Å². The Balaban J connectivity index is 1.89. The predicted molar refractivity (Wildman–Crippen MR) is 100 cm³/mol. The van der Waals surface area contributed by atoms with Crippen molar-refractivity contribution in [3.63, 3.8) is 0 Å². The number of benzene rings is 2. The lowest BCUT2D eigenvalue weighted by Crippen LogP contribution is -2.20. The van der Waals surface area contributed by atoms with Crippen LogP contribution in [0.1, 0.15) is 0 Å². The molecule has 0 atom stereocenters. The lowest BCUT2D eigenvalue weighted by molar-refractivity contribution is -0.119. The summed E-state index contributed by atoms with van der Waals surface area (Å²) in [5, 5.41) is 0.613. The minimum Gasteiger partial charge on any atom is -0.494 e. The second-order valence-corrected chi connectivity index (χ2v) is 7.23. The number of amides is 1. The topological polar surface area (TPSA) is 121 Å². The van der Waals surface area contributed by atoms with Crippen LogP contribution in [-0.2, 0) is 14.8 Å². The summed E-state index contributed by atoms with van der Waals surface area (Å²) in [4.78, 5) is 15.0. The maximum absolute atomic E-state index is 12.7. The zero-order valence-corrected chi connectivity index (χ0v) is 15.2. The molecule has 0 spiro atoms. The van der Waals surface area contributed by atoms with Gasteiger partial charge in [-0.1, -0.05) is 0 Å². The van der Waals surface area contributed by atoms with Crippen molar-refractivity contribution in [2.45, 2.75) is 4.90 Å². The highest BCUT2D eigenvalue weighted by atomic mass is 32.2. The van der Waals surface area contributed by atoms with Crippen molar-refractivity contribution in [3.8, 4) is 11.5 Å². The smallest absolute Gasteiger partial charge is 0.261 e. The first-order valence-corrected chi connectivity index (χ1v) is 9.35. The molecule has 0 saturated carbocycles. The third-order valence-electron chi connectivity index (χ3n) is 3.71. The number of methoxy groups -OCH3 is 1. The third-order valence-corrected chi connectivity index (χ3v) is 5.09. The number of carbonyl (C=O) groups excluding carboxylic acids is 1. The lowest BCUT2D eigenvalue weighted by atomic mass is 10.2. The number of ether oxygens (including phenoxy) is 2. The molecule has 0 aliphatic carbocycles. The van der Waals surface area contributed by atoms with E-state index in [1.807, 2.05) is 0 Å². The third kappa shape index (κ3) is 4.09. The standard InChI is InChI=1S/C18H17N3O5S/c1-25-16-9-8-15(14-3-2-10-20-18(14)16)21-27(23,24)13-6-4-12(5-7-13)26-11-17(19)22/h2-10,21H,11H2,1H3,(H2,19,22). The molecule has 8 nitrogen and oxygen atoms in total. The molecule has 3 aromatic rings. The van der Waals surface area contributed by atoms with E-state index in [9.17, 15) is 13.2 Å². The van der Waals surface area contributed by atoms with Crippen LogP contribution in [0.4, 0.5) is 5.69 Å². The van der Waals surface area contributed by atoms with Crippen molar-refractivity contribution in [3.05, 3.63) is 54.7 Å². The molecule has 0 radical (unpaired) electrons. The van der Waals surface area contributed by atoms with Gasteiger partial charge >= 0.3 is 0 Å². The molecule has 1 heterocycles. The van der Waals surface area contributed by atoms with Crippen LogP contribution in [0.25, 0.3) is 10.9 Å². The summed E-state index contributed by atoms with van der Waals surface area (Å²) in [5.74, 6) is 0.268. The van der Waals surface area contributed by atoms with Gasteiger partial charge in [0, 0.05) is 11.6 Å². The summed E-state index contributed by atoms with van der Waals surface area (Å²) in [6.07, 6.45) is 1.61.